The molecular formula is C25H29BrN4. The van der Waals surface area contributed by atoms with E-state index in [9.17, 15) is 0 Å². The molecule has 0 aliphatic heterocycles. The molecule has 0 aromatic heterocycles. The van der Waals surface area contributed by atoms with E-state index in [0.29, 0.717) is 16.5 Å². The van der Waals surface area contributed by atoms with Crippen molar-refractivity contribution in [2.45, 2.75) is 33.6 Å². The minimum atomic E-state index is 0.334. The quantitative estimate of drug-likeness (QED) is 0.189. The Hall–Kier alpha value is -2.92. The molecule has 0 unspecified atom stereocenters. The van der Waals surface area contributed by atoms with Crippen molar-refractivity contribution in [1.29, 1.82) is 0 Å². The number of rotatable bonds is 5. The van der Waals surface area contributed by atoms with Gasteiger partial charge in [0.15, 0.2) is 10.6 Å². The van der Waals surface area contributed by atoms with Crippen molar-refractivity contribution in [3.8, 4) is 11.1 Å². The number of nitrogens with zero attached hydrogens (tertiary/aromatic N) is 2. The van der Waals surface area contributed by atoms with Gasteiger partial charge in [0.05, 0.1) is 5.69 Å². The first kappa shape index (κ1) is 23.4. The van der Waals surface area contributed by atoms with E-state index in [2.05, 4.69) is 70.6 Å². The summed E-state index contributed by atoms with van der Waals surface area (Å²) in [6.07, 6.45) is 0. The molecule has 0 spiro atoms. The van der Waals surface area contributed by atoms with Crippen LogP contribution >= 0.6 is 15.9 Å². The van der Waals surface area contributed by atoms with Crippen molar-refractivity contribution in [3.63, 3.8) is 0 Å². The summed E-state index contributed by atoms with van der Waals surface area (Å²) in [4.78, 5) is 4.78. The lowest BCUT2D eigenvalue weighted by Crippen LogP contribution is -2.20. The molecule has 0 aliphatic rings. The SMILES string of the molecule is CC.CC(C)c1cccc(-c2ccccc2)c1N=C(Br)N/N=C(\N)c1ccccc1. The Morgan fingerprint density at radius 2 is 1.47 bits per heavy atom. The number of aliphatic imine (C=N–C) groups is 1. The van der Waals surface area contributed by atoms with Gasteiger partial charge in [-0.2, -0.15) is 5.10 Å². The summed E-state index contributed by atoms with van der Waals surface area (Å²) in [6, 6.07) is 26.1. The molecule has 0 bridgehead atoms. The summed E-state index contributed by atoms with van der Waals surface area (Å²) >= 11 is 3.48. The Labute approximate surface area is 188 Å². The van der Waals surface area contributed by atoms with Crippen molar-refractivity contribution >= 4 is 32.2 Å². The summed E-state index contributed by atoms with van der Waals surface area (Å²) in [7, 11) is 0. The number of nitrogens with one attached hydrogen (secondary N) is 1. The van der Waals surface area contributed by atoms with E-state index in [-0.39, 0.29) is 0 Å². The molecule has 3 aromatic carbocycles. The van der Waals surface area contributed by atoms with E-state index >= 15 is 0 Å². The molecular weight excluding hydrogens is 436 g/mol. The monoisotopic (exact) mass is 464 g/mol. The molecule has 0 atom stereocenters. The first-order valence-corrected chi connectivity index (χ1v) is 10.9. The maximum absolute atomic E-state index is 6.05. The van der Waals surface area contributed by atoms with Gasteiger partial charge in [0.1, 0.15) is 0 Å². The van der Waals surface area contributed by atoms with Gasteiger partial charge in [-0.15, -0.1) is 0 Å². The van der Waals surface area contributed by atoms with Gasteiger partial charge in [-0.3, -0.25) is 5.43 Å². The zero-order valence-corrected chi connectivity index (χ0v) is 19.5. The van der Waals surface area contributed by atoms with Crippen LogP contribution < -0.4 is 11.2 Å². The van der Waals surface area contributed by atoms with Crippen LogP contribution in [0.1, 0.15) is 44.7 Å². The average molecular weight is 465 g/mol. The molecule has 30 heavy (non-hydrogen) atoms. The van der Waals surface area contributed by atoms with Gasteiger partial charge in [0.25, 0.3) is 0 Å². The molecule has 4 nitrogen and oxygen atoms in total. The van der Waals surface area contributed by atoms with Crippen LogP contribution in [-0.4, -0.2) is 10.6 Å². The molecule has 0 radical (unpaired) electrons. The number of nitrogens with two attached hydrogens (primary N) is 1. The second kappa shape index (κ2) is 11.9. The maximum atomic E-state index is 6.05. The Balaban J connectivity index is 0.00000155. The molecule has 0 fully saturated rings. The van der Waals surface area contributed by atoms with E-state index in [1.54, 1.807) is 0 Å². The molecule has 156 valence electrons. The fraction of sp³-hybridized carbons (Fsp3) is 0.200. The van der Waals surface area contributed by atoms with Gasteiger partial charge in [0.2, 0.25) is 0 Å². The molecule has 3 aromatic rings. The van der Waals surface area contributed by atoms with Crippen LogP contribution in [-0.2, 0) is 0 Å². The second-order valence-corrected chi connectivity index (χ2v) is 7.39. The number of hydrogen-bond donors (Lipinski definition) is 2. The fourth-order valence-electron chi connectivity index (χ4n) is 2.91. The first-order valence-electron chi connectivity index (χ1n) is 10.1. The first-order chi connectivity index (χ1) is 14.6. The van der Waals surface area contributed by atoms with Gasteiger partial charge >= 0.3 is 0 Å². The highest BCUT2D eigenvalue weighted by atomic mass is 79.9. The van der Waals surface area contributed by atoms with E-state index in [0.717, 1.165) is 22.4 Å². The zero-order chi connectivity index (χ0) is 21.9. The third kappa shape index (κ3) is 6.29. The highest BCUT2D eigenvalue weighted by Crippen LogP contribution is 2.37. The normalized spacial score (nSPS) is 11.7. The summed E-state index contributed by atoms with van der Waals surface area (Å²) in [6.45, 7) is 8.33. The molecule has 0 saturated heterocycles. The molecule has 0 saturated carbocycles. The predicted octanol–water partition coefficient (Wildman–Crippen LogP) is 6.80. The molecule has 0 amide bonds. The number of halogens is 1. The highest BCUT2D eigenvalue weighted by Gasteiger charge is 2.13. The van der Waals surface area contributed by atoms with Crippen molar-refractivity contribution in [2.24, 2.45) is 15.8 Å². The van der Waals surface area contributed by atoms with Crippen LogP contribution in [0, 0.1) is 0 Å². The van der Waals surface area contributed by atoms with Gasteiger partial charge in [0, 0.05) is 11.1 Å². The van der Waals surface area contributed by atoms with E-state index in [4.69, 9.17) is 10.7 Å². The zero-order valence-electron chi connectivity index (χ0n) is 17.9. The summed E-state index contributed by atoms with van der Waals surface area (Å²) in [5, 5.41) is 4.23. The van der Waals surface area contributed by atoms with Crippen LogP contribution in [0.4, 0.5) is 5.69 Å². The van der Waals surface area contributed by atoms with Gasteiger partial charge in [-0.05, 0) is 33.0 Å². The van der Waals surface area contributed by atoms with Crippen molar-refractivity contribution in [3.05, 3.63) is 90.0 Å². The predicted molar refractivity (Wildman–Crippen MR) is 134 cm³/mol. The van der Waals surface area contributed by atoms with Gasteiger partial charge in [-0.25, -0.2) is 4.99 Å². The van der Waals surface area contributed by atoms with Crippen LogP contribution in [0.15, 0.2) is 89.0 Å². The lowest BCUT2D eigenvalue weighted by atomic mass is 9.94. The largest absolute Gasteiger partial charge is 0.382 e. The molecule has 3 N–H and O–H groups in total. The number of benzene rings is 3. The maximum Gasteiger partial charge on any atom is 0.191 e. The molecule has 5 heteroatoms. The molecule has 0 aliphatic carbocycles. The standard InChI is InChI=1S/C23H23BrN4.C2H6/c1-16(2)19-14-9-15-20(17-10-5-3-6-11-17)21(19)26-23(24)28-27-22(25)18-12-7-4-8-13-18;1-2/h3-16H,1-2H3,(H2,25,27)(H,26,28);1-2H3. The third-order valence-electron chi connectivity index (χ3n) is 4.32. The summed E-state index contributed by atoms with van der Waals surface area (Å²) in [5.74, 6) is 0.730. The average Bonchev–Trinajstić information content (AvgIpc) is 2.80. The fourth-order valence-corrected chi connectivity index (χ4v) is 3.17. The number of hydrazone groups is 1. The van der Waals surface area contributed by atoms with Crippen molar-refractivity contribution < 1.29 is 0 Å². The van der Waals surface area contributed by atoms with Crippen molar-refractivity contribution in [1.82, 2.24) is 5.43 Å². The van der Waals surface area contributed by atoms with Crippen LogP contribution in [0.2, 0.25) is 0 Å². The van der Waals surface area contributed by atoms with Crippen molar-refractivity contribution in [2.75, 3.05) is 0 Å². The van der Waals surface area contributed by atoms with Gasteiger partial charge < -0.3 is 5.73 Å². The highest BCUT2D eigenvalue weighted by molar-refractivity contribution is 9.18. The van der Waals surface area contributed by atoms with Gasteiger partial charge in [-0.1, -0.05) is 107 Å². The van der Waals surface area contributed by atoms with E-state index in [1.165, 1.54) is 5.56 Å². The number of amidine groups is 2. The van der Waals surface area contributed by atoms with Crippen LogP contribution in [0.5, 0.6) is 0 Å². The minimum Gasteiger partial charge on any atom is -0.382 e. The van der Waals surface area contributed by atoms with E-state index in [1.807, 2.05) is 62.4 Å². The second-order valence-electron chi connectivity index (χ2n) is 6.64. The Kier molecular flexibility index (Phi) is 9.29. The third-order valence-corrected chi connectivity index (χ3v) is 4.68. The summed E-state index contributed by atoms with van der Waals surface area (Å²) < 4.78 is 0.497. The Bertz CT molecular complexity index is 981. The number of para-hydroxylation sites is 1. The Morgan fingerprint density at radius 3 is 2.07 bits per heavy atom. The smallest absolute Gasteiger partial charge is 0.191 e. The Morgan fingerprint density at radius 1 is 0.867 bits per heavy atom. The molecule has 3 rings (SSSR count). The topological polar surface area (TPSA) is 62.8 Å². The number of hydrogen-bond acceptors (Lipinski definition) is 2. The van der Waals surface area contributed by atoms with E-state index < -0.39 is 0 Å². The lowest BCUT2D eigenvalue weighted by Gasteiger charge is -2.15. The summed E-state index contributed by atoms with van der Waals surface area (Å²) in [5.41, 5.74) is 14.1. The lowest BCUT2D eigenvalue weighted by molar-refractivity contribution is 0.867. The minimum absolute atomic E-state index is 0.334. The van der Waals surface area contributed by atoms with Crippen LogP contribution in [0.25, 0.3) is 11.1 Å². The van der Waals surface area contributed by atoms with Crippen LogP contribution in [0.3, 0.4) is 0 Å². The molecule has 0 heterocycles.